The lowest BCUT2D eigenvalue weighted by Gasteiger charge is -1.87. The van der Waals surface area contributed by atoms with Crippen molar-refractivity contribution in [3.05, 3.63) is 11.4 Å². The Kier molecular flexibility index (Phi) is 1.18. The highest BCUT2D eigenvalue weighted by Gasteiger charge is 2.16. The Morgan fingerprint density at radius 1 is 1.67 bits per heavy atom. The molecule has 5 nitrogen and oxygen atoms in total. The minimum atomic E-state index is -1.09. The topological polar surface area (TPSA) is 76.1 Å². The van der Waals surface area contributed by atoms with Crippen LogP contribution in [0.3, 0.4) is 0 Å². The zero-order valence-electron chi connectivity index (χ0n) is 4.70. The number of carboxylic acid groups (broad SMARTS) is 1. The third kappa shape index (κ3) is 0.883. The number of hydrogen-bond donors (Lipinski definition) is 1. The van der Waals surface area contributed by atoms with E-state index in [-0.39, 0.29) is 5.70 Å². The number of rotatable bonds is 1. The van der Waals surface area contributed by atoms with Crippen LogP contribution in [0.25, 0.3) is 0 Å². The van der Waals surface area contributed by atoms with Gasteiger partial charge in [-0.15, -0.1) is 10.5 Å². The first kappa shape index (κ1) is 5.74. The summed E-state index contributed by atoms with van der Waals surface area (Å²) in [6.07, 6.45) is 0. The Bertz CT molecular complexity index is 206. The molecule has 1 rings (SSSR count). The third-order valence-electron chi connectivity index (χ3n) is 0.885. The second-order valence-electron chi connectivity index (χ2n) is 1.53. The third-order valence-corrected chi connectivity index (χ3v) is 0.885. The van der Waals surface area contributed by atoms with Crippen molar-refractivity contribution in [2.75, 3.05) is 0 Å². The molecule has 0 fully saturated rings. The molecular formula is C4H4N3O2. The average molecular weight is 126 g/mol. The summed E-state index contributed by atoms with van der Waals surface area (Å²) in [4.78, 5) is 10.1. The van der Waals surface area contributed by atoms with E-state index >= 15 is 0 Å². The molecule has 9 heavy (non-hydrogen) atoms. The first-order chi connectivity index (χ1) is 4.22. The molecule has 1 aliphatic rings. The maximum absolute atomic E-state index is 10.1. The molecular weight excluding hydrogens is 122 g/mol. The van der Waals surface area contributed by atoms with E-state index < -0.39 is 5.97 Å². The van der Waals surface area contributed by atoms with Crippen molar-refractivity contribution in [1.82, 2.24) is 5.43 Å². The van der Waals surface area contributed by atoms with Crippen LogP contribution in [0.4, 0.5) is 0 Å². The van der Waals surface area contributed by atoms with Gasteiger partial charge in [0.2, 0.25) is 0 Å². The van der Waals surface area contributed by atoms with Crippen molar-refractivity contribution in [2.45, 2.75) is 6.92 Å². The Hall–Kier alpha value is -1.39. The summed E-state index contributed by atoms with van der Waals surface area (Å²) in [7, 11) is 0. The van der Waals surface area contributed by atoms with Crippen LogP contribution < -0.4 is 5.43 Å². The Morgan fingerprint density at radius 2 is 2.33 bits per heavy atom. The van der Waals surface area contributed by atoms with Gasteiger partial charge in [-0.1, -0.05) is 0 Å². The van der Waals surface area contributed by atoms with Gasteiger partial charge in [-0.05, 0) is 12.1 Å². The van der Waals surface area contributed by atoms with E-state index in [1.54, 1.807) is 6.92 Å². The van der Waals surface area contributed by atoms with E-state index in [2.05, 4.69) is 15.8 Å². The molecule has 0 aromatic carbocycles. The van der Waals surface area contributed by atoms with E-state index in [1.165, 1.54) is 0 Å². The molecule has 0 aliphatic carbocycles. The molecule has 0 saturated heterocycles. The van der Waals surface area contributed by atoms with Crippen LogP contribution in [0.2, 0.25) is 0 Å². The van der Waals surface area contributed by atoms with E-state index in [4.69, 9.17) is 5.11 Å². The predicted molar refractivity (Wildman–Crippen MR) is 27.3 cm³/mol. The molecule has 0 unspecified atom stereocenters. The van der Waals surface area contributed by atoms with Gasteiger partial charge >= 0.3 is 5.97 Å². The van der Waals surface area contributed by atoms with E-state index in [0.29, 0.717) is 5.70 Å². The van der Waals surface area contributed by atoms with Crippen LogP contribution in [0.5, 0.6) is 0 Å². The predicted octanol–water partition coefficient (Wildman–Crippen LogP) is 0.288. The molecule has 5 heteroatoms. The van der Waals surface area contributed by atoms with E-state index in [0.717, 1.165) is 0 Å². The van der Waals surface area contributed by atoms with Gasteiger partial charge in [0.1, 0.15) is 0 Å². The first-order valence-corrected chi connectivity index (χ1v) is 2.27. The van der Waals surface area contributed by atoms with Crippen LogP contribution in [0, 0.1) is 0 Å². The molecule has 0 aromatic heterocycles. The number of carbonyl (C=O) groups is 1. The molecule has 0 aromatic rings. The van der Waals surface area contributed by atoms with Crippen LogP contribution in [0.15, 0.2) is 21.7 Å². The number of allylic oxidation sites excluding steroid dienone is 1. The lowest BCUT2D eigenvalue weighted by atomic mass is 10.4. The summed E-state index contributed by atoms with van der Waals surface area (Å²) in [6, 6.07) is 0. The quantitative estimate of drug-likeness (QED) is 0.548. The van der Waals surface area contributed by atoms with Crippen molar-refractivity contribution in [3.8, 4) is 0 Å². The van der Waals surface area contributed by atoms with Crippen LogP contribution in [-0.2, 0) is 4.79 Å². The monoisotopic (exact) mass is 126 g/mol. The van der Waals surface area contributed by atoms with E-state index in [9.17, 15) is 4.79 Å². The van der Waals surface area contributed by atoms with Crippen molar-refractivity contribution in [3.63, 3.8) is 0 Å². The largest absolute Gasteiger partial charge is 0.476 e. The van der Waals surface area contributed by atoms with Gasteiger partial charge in [0.05, 0.1) is 5.70 Å². The molecule has 47 valence electrons. The average Bonchev–Trinajstić information content (AvgIpc) is 2.13. The summed E-state index contributed by atoms with van der Waals surface area (Å²) >= 11 is 0. The fourth-order valence-electron chi connectivity index (χ4n) is 0.451. The smallest absolute Gasteiger partial charge is 0.358 e. The van der Waals surface area contributed by atoms with Gasteiger partial charge in [0, 0.05) is 0 Å². The molecule has 1 heterocycles. The summed E-state index contributed by atoms with van der Waals surface area (Å²) in [5.74, 6) is -1.09. The van der Waals surface area contributed by atoms with Gasteiger partial charge in [-0.2, -0.15) is 0 Å². The van der Waals surface area contributed by atoms with Gasteiger partial charge in [-0.25, -0.2) is 4.79 Å². The highest BCUT2D eigenvalue weighted by Crippen LogP contribution is 2.10. The second kappa shape index (κ2) is 1.85. The zero-order chi connectivity index (χ0) is 6.85. The molecule has 1 radical (unpaired) electrons. The zero-order valence-corrected chi connectivity index (χ0v) is 4.70. The molecule has 1 aliphatic heterocycles. The van der Waals surface area contributed by atoms with Gasteiger partial charge in [0.25, 0.3) is 0 Å². The van der Waals surface area contributed by atoms with Crippen molar-refractivity contribution < 1.29 is 9.90 Å². The molecule has 0 bridgehead atoms. The summed E-state index contributed by atoms with van der Waals surface area (Å²) in [5.41, 5.74) is 3.53. The Labute approximate surface area is 51.1 Å². The fraction of sp³-hybridized carbons (Fsp3) is 0.250. The summed E-state index contributed by atoms with van der Waals surface area (Å²) in [6.45, 7) is 1.55. The summed E-state index contributed by atoms with van der Waals surface area (Å²) in [5, 5.41) is 14.9. The standard InChI is InChI=1S/C4H4N3O2/c1-2-3(4(8)9)6-7-5-2/h1H3,(H,8,9). The van der Waals surface area contributed by atoms with Crippen LogP contribution in [-0.4, -0.2) is 11.1 Å². The number of carboxylic acids is 1. The minimum Gasteiger partial charge on any atom is -0.476 e. The van der Waals surface area contributed by atoms with Crippen molar-refractivity contribution in [1.29, 1.82) is 0 Å². The minimum absolute atomic E-state index is 0.0741. The molecule has 0 amide bonds. The highest BCUT2D eigenvalue weighted by molar-refractivity contribution is 5.86. The first-order valence-electron chi connectivity index (χ1n) is 2.27. The van der Waals surface area contributed by atoms with Crippen molar-refractivity contribution in [2.24, 2.45) is 10.3 Å². The molecule has 0 saturated carbocycles. The SMILES string of the molecule is CC1=C(C(=O)O)[N]N=N1. The molecule has 0 spiro atoms. The molecule has 0 atom stereocenters. The second-order valence-corrected chi connectivity index (χ2v) is 1.53. The summed E-state index contributed by atoms with van der Waals surface area (Å²) < 4.78 is 0. The maximum atomic E-state index is 10.1. The number of hydrogen-bond acceptors (Lipinski definition) is 3. The Balaban J connectivity index is 2.85. The van der Waals surface area contributed by atoms with E-state index in [1.807, 2.05) is 0 Å². The van der Waals surface area contributed by atoms with Gasteiger partial charge < -0.3 is 5.11 Å². The lowest BCUT2D eigenvalue weighted by molar-refractivity contribution is -0.133. The van der Waals surface area contributed by atoms with Crippen LogP contribution in [0.1, 0.15) is 6.92 Å². The lowest BCUT2D eigenvalue weighted by Crippen LogP contribution is -2.06. The van der Waals surface area contributed by atoms with Crippen LogP contribution >= 0.6 is 0 Å². The number of aliphatic carboxylic acids is 1. The number of nitrogens with zero attached hydrogens (tertiary/aromatic N) is 3. The van der Waals surface area contributed by atoms with Gasteiger partial charge in [-0.3, -0.25) is 0 Å². The molecule has 1 N–H and O–H groups in total. The normalized spacial score (nSPS) is 16.1. The maximum Gasteiger partial charge on any atom is 0.358 e. The van der Waals surface area contributed by atoms with Crippen molar-refractivity contribution >= 4 is 5.97 Å². The fourth-order valence-corrected chi connectivity index (χ4v) is 0.451. The van der Waals surface area contributed by atoms with Gasteiger partial charge in [0.15, 0.2) is 5.70 Å². The highest BCUT2D eigenvalue weighted by atomic mass is 16.4. The Morgan fingerprint density at radius 3 is 2.56 bits per heavy atom.